The van der Waals surface area contributed by atoms with Crippen LogP contribution in [0.2, 0.25) is 5.75 Å². The van der Waals surface area contributed by atoms with E-state index in [1.54, 1.807) is 13.0 Å². The van der Waals surface area contributed by atoms with Gasteiger partial charge in [-0.25, -0.2) is 9.97 Å². The second kappa shape index (κ2) is 7.81. The van der Waals surface area contributed by atoms with Crippen molar-refractivity contribution in [3.8, 4) is 6.07 Å². The van der Waals surface area contributed by atoms with Gasteiger partial charge in [0.1, 0.15) is 18.3 Å². The van der Waals surface area contributed by atoms with Crippen molar-refractivity contribution < 1.29 is 13.7 Å². The summed E-state index contributed by atoms with van der Waals surface area (Å²) in [5.41, 5.74) is 0.856. The van der Waals surface area contributed by atoms with Crippen molar-refractivity contribution in [1.29, 1.82) is 5.26 Å². The molecule has 1 fully saturated rings. The Morgan fingerprint density at radius 1 is 1.56 bits per heavy atom. The van der Waals surface area contributed by atoms with Gasteiger partial charge in [-0.05, 0) is 42.9 Å². The fraction of sp³-hybridized carbons (Fsp3) is 0.350. The van der Waals surface area contributed by atoms with Crippen LogP contribution in [0.3, 0.4) is 0 Å². The van der Waals surface area contributed by atoms with Crippen LogP contribution >= 0.6 is 22.9 Å². The van der Waals surface area contributed by atoms with Gasteiger partial charge in [-0.3, -0.25) is 4.90 Å². The molecule has 0 atom stereocenters. The summed E-state index contributed by atoms with van der Waals surface area (Å²) >= 11 is 6.87. The van der Waals surface area contributed by atoms with E-state index in [9.17, 15) is 5.26 Å². The fourth-order valence-corrected chi connectivity index (χ4v) is 3.48. The molecule has 3 heterocycles. The topological polar surface area (TPSA) is 64.8 Å². The molecule has 0 radical (unpaired) electrons. The minimum Gasteiger partial charge on any atom is -0.367 e. The van der Waals surface area contributed by atoms with Crippen molar-refractivity contribution in [2.45, 2.75) is 32.2 Å². The Kier molecular flexibility index (Phi) is 2.84. The van der Waals surface area contributed by atoms with Gasteiger partial charge in [-0.15, -0.1) is 11.3 Å². The molecule has 1 aliphatic rings. The summed E-state index contributed by atoms with van der Waals surface area (Å²) in [6.07, 6.45) is -6.31. The Morgan fingerprint density at radius 3 is 3.15 bits per heavy atom. The maximum atomic E-state index is 9.34. The number of piperidine rings is 1. The summed E-state index contributed by atoms with van der Waals surface area (Å²) in [5.74, 6) is -0.514. The molecule has 1 aliphatic heterocycles. The molecule has 1 N–H and O–H groups in total. The highest BCUT2D eigenvalue weighted by molar-refractivity contribution is 7.22. The van der Waals surface area contributed by atoms with Gasteiger partial charge in [0.25, 0.3) is 0 Å². The zero-order valence-electron chi connectivity index (χ0n) is 24.2. The predicted octanol–water partition coefficient (Wildman–Crippen LogP) is 4.60. The Hall–Kier alpha value is -2.20. The number of thiophene rings is 1. The van der Waals surface area contributed by atoms with E-state index < -0.39 is 50.5 Å². The third kappa shape index (κ3) is 4.06. The lowest BCUT2D eigenvalue weighted by molar-refractivity contribution is 0.211. The van der Waals surface area contributed by atoms with Crippen molar-refractivity contribution in [3.05, 3.63) is 51.6 Å². The van der Waals surface area contributed by atoms with Crippen LogP contribution in [-0.4, -0.2) is 34.0 Å². The highest BCUT2D eigenvalue weighted by Gasteiger charge is 2.20. The second-order valence-corrected chi connectivity index (χ2v) is 7.35. The number of halogens is 1. The first-order valence-electron chi connectivity index (χ1n) is 12.9. The molecular formula is C20H20ClN5S. The molecule has 0 saturated carbocycles. The molecule has 5 nitrogen and oxygen atoms in total. The number of fused-ring (bicyclic) bond motifs is 1. The number of aromatic nitrogens is 2. The van der Waals surface area contributed by atoms with Gasteiger partial charge >= 0.3 is 0 Å². The molecule has 3 aromatic rings. The summed E-state index contributed by atoms with van der Waals surface area (Å²) in [4.78, 5) is 8.66. The summed E-state index contributed by atoms with van der Waals surface area (Å²) in [5, 5.41) is 9.44. The van der Waals surface area contributed by atoms with Crippen LogP contribution in [0, 0.1) is 18.3 Å². The summed E-state index contributed by atoms with van der Waals surface area (Å²) in [6, 6.07) is 3.00. The molecule has 0 spiro atoms. The summed E-state index contributed by atoms with van der Waals surface area (Å²) in [7, 11) is 0. The van der Waals surface area contributed by atoms with Crippen LogP contribution in [-0.2, 0) is 6.50 Å². The van der Waals surface area contributed by atoms with E-state index in [2.05, 4.69) is 9.97 Å². The van der Waals surface area contributed by atoms with Crippen LogP contribution in [0.25, 0.3) is 10.2 Å². The Labute approximate surface area is 181 Å². The van der Waals surface area contributed by atoms with E-state index in [0.29, 0.717) is 5.56 Å². The van der Waals surface area contributed by atoms with Crippen LogP contribution < -0.4 is 5.31 Å². The maximum Gasteiger partial charge on any atom is 0.162 e. The first-order valence-corrected chi connectivity index (χ1v) is 9.16. The minimum absolute atomic E-state index is 0.0181. The molecule has 0 aliphatic carbocycles. The third-order valence-electron chi connectivity index (χ3n) is 3.89. The third-order valence-corrected chi connectivity index (χ3v) is 4.99. The number of hydrogen-bond acceptors (Lipinski definition) is 6. The highest BCUT2D eigenvalue weighted by Crippen LogP contribution is 2.32. The molecule has 1 saturated heterocycles. The van der Waals surface area contributed by atoms with Crippen molar-refractivity contribution in [2.75, 3.05) is 18.4 Å². The van der Waals surface area contributed by atoms with Crippen LogP contribution in [0.5, 0.6) is 0 Å². The van der Waals surface area contributed by atoms with Gasteiger partial charge in [0.05, 0.1) is 24.1 Å². The van der Waals surface area contributed by atoms with E-state index in [1.807, 2.05) is 6.07 Å². The molecule has 2 aromatic heterocycles. The number of nitrogens with one attached hydrogen (secondary N) is 1. The molecule has 0 amide bonds. The number of nitrogens with zero attached hydrogens (tertiary/aromatic N) is 4. The number of benzene rings is 1. The van der Waals surface area contributed by atoms with Crippen molar-refractivity contribution in [1.82, 2.24) is 14.9 Å². The zero-order valence-corrected chi connectivity index (χ0v) is 15.7. The summed E-state index contributed by atoms with van der Waals surface area (Å²) in [6.45, 7) is -2.30. The standard InChI is InChI=1S/C20H20ClN5S/c1-13-2-3-14(8-15(13)10-22)11-26-6-4-16(5-7-26)25-19-17-9-18(21)27-20(17)24-12-23-19/h2-3,8-9,12,16H,4-7,11H2,1H3,(H,23,24,25)/i4D2,5D2,9D,11D2,12D,16D/hD. The minimum atomic E-state index is -2.98. The molecular weight excluding hydrogens is 378 g/mol. The van der Waals surface area contributed by atoms with Gasteiger partial charge in [0.2, 0.25) is 0 Å². The number of likely N-dealkylation sites (tertiary alicyclic amines) is 1. The number of rotatable bonds is 4. The number of anilines is 1. The van der Waals surface area contributed by atoms with Crippen LogP contribution in [0.4, 0.5) is 5.82 Å². The van der Waals surface area contributed by atoms with E-state index >= 15 is 0 Å². The van der Waals surface area contributed by atoms with E-state index in [-0.39, 0.29) is 37.0 Å². The Balaban J connectivity index is 1.80. The van der Waals surface area contributed by atoms with Gasteiger partial charge in [0.15, 0.2) is 1.41 Å². The lowest BCUT2D eigenvalue weighted by Crippen LogP contribution is -2.38. The van der Waals surface area contributed by atoms with Crippen LogP contribution in [0.1, 0.15) is 41.8 Å². The molecule has 0 unspecified atom stereocenters. The number of aryl methyl sites for hydroxylation is 1. The monoisotopic (exact) mass is 407 g/mol. The van der Waals surface area contributed by atoms with Gasteiger partial charge in [0, 0.05) is 33.8 Å². The molecule has 1 aromatic carbocycles. The quantitative estimate of drug-likeness (QED) is 0.684. The first kappa shape index (κ1) is 9.83. The second-order valence-electron chi connectivity index (χ2n) is 5.75. The first-order chi connectivity index (χ1) is 17.0. The molecule has 138 valence electrons. The molecule has 7 heteroatoms. The number of nitriles is 1. The van der Waals surface area contributed by atoms with E-state index in [0.717, 1.165) is 16.2 Å². The number of hydrogen-bond donors (Lipinski definition) is 1. The van der Waals surface area contributed by atoms with E-state index in [1.165, 1.54) is 12.1 Å². The van der Waals surface area contributed by atoms with Gasteiger partial charge in [-0.1, -0.05) is 23.7 Å². The maximum absolute atomic E-state index is 9.34. The summed E-state index contributed by atoms with van der Waals surface area (Å²) < 4.78 is 85.7. The largest absolute Gasteiger partial charge is 0.367 e. The van der Waals surface area contributed by atoms with Crippen molar-refractivity contribution >= 4 is 39.0 Å². The Bertz CT molecular complexity index is 1420. The lowest BCUT2D eigenvalue weighted by Gasteiger charge is -2.32. The van der Waals surface area contributed by atoms with Gasteiger partial charge in [-0.2, -0.15) is 5.26 Å². The highest BCUT2D eigenvalue weighted by atomic mass is 35.5. The van der Waals surface area contributed by atoms with Crippen molar-refractivity contribution in [2.24, 2.45) is 0 Å². The molecule has 0 bridgehead atoms. The average molecular weight is 408 g/mol. The van der Waals surface area contributed by atoms with Crippen molar-refractivity contribution in [3.63, 3.8) is 0 Å². The van der Waals surface area contributed by atoms with Crippen LogP contribution in [0.15, 0.2) is 30.5 Å². The van der Waals surface area contributed by atoms with E-state index in [4.69, 9.17) is 25.3 Å². The molecule has 4 rings (SSSR count). The lowest BCUT2D eigenvalue weighted by atomic mass is 10.0. The predicted molar refractivity (Wildman–Crippen MR) is 110 cm³/mol. The van der Waals surface area contributed by atoms with Gasteiger partial charge < -0.3 is 5.31 Å². The average Bonchev–Trinajstić information content (AvgIpc) is 3.08. The molecule has 27 heavy (non-hydrogen) atoms. The smallest absolute Gasteiger partial charge is 0.162 e. The normalized spacial score (nSPS) is 26.6. The zero-order chi connectivity index (χ0) is 27.7. The fourth-order valence-electron chi connectivity index (χ4n) is 2.52. The Morgan fingerprint density at radius 2 is 2.37 bits per heavy atom. The SMILES string of the molecule is [2H]c1nc(N([2H])C2([2H])C([2H])([2H])CN(C([2H])([2H])c3ccc(C)c(C#N)c3)CC2([2H])[2H])c2c([2H])c(Cl)sc2n1.